The Hall–Kier alpha value is -1.28. The molecule has 1 N–H and O–H groups in total. The van der Waals surface area contributed by atoms with Gasteiger partial charge in [0.15, 0.2) is 0 Å². The Kier molecular flexibility index (Phi) is 3.83. The number of furan rings is 1. The average Bonchev–Trinajstić information content (AvgIpc) is 3.22. The van der Waals surface area contributed by atoms with Gasteiger partial charge in [-0.25, -0.2) is 0 Å². The average molecular weight is 285 g/mol. The summed E-state index contributed by atoms with van der Waals surface area (Å²) < 4.78 is 6.12. The fourth-order valence-electron chi connectivity index (χ4n) is 2.99. The first-order valence-electron chi connectivity index (χ1n) is 8.32. The Bertz CT molecular complexity index is 622. The molecule has 1 atom stereocenters. The zero-order valence-corrected chi connectivity index (χ0v) is 13.7. The summed E-state index contributed by atoms with van der Waals surface area (Å²) in [5.41, 5.74) is 2.64. The van der Waals surface area contributed by atoms with E-state index in [4.69, 9.17) is 4.42 Å². The molecule has 1 aliphatic carbocycles. The number of hydrogen-bond acceptors (Lipinski definition) is 2. The van der Waals surface area contributed by atoms with Crippen molar-refractivity contribution in [3.8, 4) is 0 Å². The van der Waals surface area contributed by atoms with Gasteiger partial charge in [0.2, 0.25) is 0 Å². The molecule has 1 saturated carbocycles. The van der Waals surface area contributed by atoms with Gasteiger partial charge in [-0.15, -0.1) is 0 Å². The second-order valence-corrected chi connectivity index (χ2v) is 7.01. The van der Waals surface area contributed by atoms with Crippen LogP contribution in [0.15, 0.2) is 28.7 Å². The largest absolute Gasteiger partial charge is 0.459 e. The van der Waals surface area contributed by atoms with Crippen LogP contribution in [0, 0.1) is 5.92 Å². The van der Waals surface area contributed by atoms with Gasteiger partial charge in [0, 0.05) is 5.39 Å². The third kappa shape index (κ3) is 2.87. The third-order valence-electron chi connectivity index (χ3n) is 5.02. The van der Waals surface area contributed by atoms with Gasteiger partial charge in [-0.1, -0.05) is 33.8 Å². The van der Waals surface area contributed by atoms with E-state index in [1.54, 1.807) is 0 Å². The van der Waals surface area contributed by atoms with Crippen LogP contribution in [0.4, 0.5) is 0 Å². The van der Waals surface area contributed by atoms with E-state index in [0.29, 0.717) is 6.04 Å². The smallest absolute Gasteiger partial charge is 0.134 e. The van der Waals surface area contributed by atoms with Gasteiger partial charge >= 0.3 is 0 Å². The maximum Gasteiger partial charge on any atom is 0.134 e. The topological polar surface area (TPSA) is 25.2 Å². The molecule has 1 fully saturated rings. The molecule has 114 valence electrons. The molecule has 3 rings (SSSR count). The highest BCUT2D eigenvalue weighted by Crippen LogP contribution is 2.42. The van der Waals surface area contributed by atoms with Crippen LogP contribution in [0.25, 0.3) is 11.0 Å². The van der Waals surface area contributed by atoms with Gasteiger partial charge < -0.3 is 9.73 Å². The Morgan fingerprint density at radius 2 is 2.00 bits per heavy atom. The van der Waals surface area contributed by atoms with Crippen molar-refractivity contribution >= 4 is 11.0 Å². The van der Waals surface area contributed by atoms with Crippen molar-refractivity contribution in [2.24, 2.45) is 5.92 Å². The summed E-state index contributed by atoms with van der Waals surface area (Å²) in [4.78, 5) is 0. The van der Waals surface area contributed by atoms with Crippen LogP contribution in [0.1, 0.15) is 64.3 Å². The molecule has 1 aliphatic rings. The minimum atomic E-state index is 0.225. The molecule has 2 heteroatoms. The summed E-state index contributed by atoms with van der Waals surface area (Å²) in [6.45, 7) is 10.0. The highest BCUT2D eigenvalue weighted by molar-refractivity contribution is 5.79. The van der Waals surface area contributed by atoms with E-state index in [2.05, 4.69) is 57.3 Å². The molecule has 1 unspecified atom stereocenters. The van der Waals surface area contributed by atoms with Crippen molar-refractivity contribution < 1.29 is 4.42 Å². The minimum Gasteiger partial charge on any atom is -0.459 e. The van der Waals surface area contributed by atoms with Crippen LogP contribution < -0.4 is 5.32 Å². The molecular formula is C19H27NO. The summed E-state index contributed by atoms with van der Waals surface area (Å²) in [5.74, 6) is 1.87. The van der Waals surface area contributed by atoms with Gasteiger partial charge in [0.05, 0.1) is 6.04 Å². The lowest BCUT2D eigenvalue weighted by atomic mass is 9.82. The molecule has 0 radical (unpaired) electrons. The van der Waals surface area contributed by atoms with Gasteiger partial charge in [0.1, 0.15) is 11.3 Å². The number of hydrogen-bond donors (Lipinski definition) is 1. The van der Waals surface area contributed by atoms with E-state index in [1.165, 1.54) is 23.8 Å². The molecule has 0 spiro atoms. The molecule has 1 aromatic carbocycles. The molecular weight excluding hydrogens is 258 g/mol. The van der Waals surface area contributed by atoms with Crippen LogP contribution in [0.2, 0.25) is 0 Å². The lowest BCUT2D eigenvalue weighted by Gasteiger charge is -2.23. The van der Waals surface area contributed by atoms with Crippen molar-refractivity contribution in [2.45, 2.75) is 58.4 Å². The van der Waals surface area contributed by atoms with E-state index in [-0.39, 0.29) is 5.41 Å². The second kappa shape index (κ2) is 5.49. The maximum atomic E-state index is 6.12. The molecule has 0 bridgehead atoms. The zero-order valence-electron chi connectivity index (χ0n) is 13.7. The van der Waals surface area contributed by atoms with E-state index in [1.807, 2.05) is 0 Å². The summed E-state index contributed by atoms with van der Waals surface area (Å²) in [6, 6.07) is 9.31. The molecule has 0 aliphatic heterocycles. The van der Waals surface area contributed by atoms with Gasteiger partial charge in [0.25, 0.3) is 0 Å². The maximum absolute atomic E-state index is 6.12. The van der Waals surface area contributed by atoms with Gasteiger partial charge in [-0.05, 0) is 60.9 Å². The lowest BCUT2D eigenvalue weighted by Crippen LogP contribution is -2.21. The van der Waals surface area contributed by atoms with Crippen molar-refractivity contribution in [3.05, 3.63) is 35.6 Å². The molecule has 21 heavy (non-hydrogen) atoms. The summed E-state index contributed by atoms with van der Waals surface area (Å²) in [5, 5.41) is 4.83. The summed E-state index contributed by atoms with van der Waals surface area (Å²) >= 11 is 0. The molecule has 0 saturated heterocycles. The predicted octanol–water partition coefficient (Wildman–Crippen LogP) is 5.18. The second-order valence-electron chi connectivity index (χ2n) is 7.01. The normalized spacial score (nSPS) is 17.3. The highest BCUT2D eigenvalue weighted by atomic mass is 16.3. The number of rotatable bonds is 6. The standard InChI is InChI=1S/C19H27NO/c1-5-19(3,4)15-9-10-16-14(11-15)12-17(21-16)18(20-6-2)13-7-8-13/h9-13,18,20H,5-8H2,1-4H3. The fourth-order valence-corrected chi connectivity index (χ4v) is 2.99. The van der Waals surface area contributed by atoms with Crippen molar-refractivity contribution in [3.63, 3.8) is 0 Å². The number of nitrogens with one attached hydrogen (secondary N) is 1. The Labute approximate surface area is 127 Å². The minimum absolute atomic E-state index is 0.225. The van der Waals surface area contributed by atoms with Crippen LogP contribution in [0.5, 0.6) is 0 Å². The van der Waals surface area contributed by atoms with Crippen LogP contribution in [-0.2, 0) is 5.41 Å². The van der Waals surface area contributed by atoms with E-state index in [9.17, 15) is 0 Å². The van der Waals surface area contributed by atoms with E-state index >= 15 is 0 Å². The van der Waals surface area contributed by atoms with E-state index < -0.39 is 0 Å². The fraction of sp³-hybridized carbons (Fsp3) is 0.579. The van der Waals surface area contributed by atoms with Crippen LogP contribution >= 0.6 is 0 Å². The Balaban J connectivity index is 1.96. The lowest BCUT2D eigenvalue weighted by molar-refractivity contribution is 0.403. The molecule has 1 heterocycles. The molecule has 0 amide bonds. The van der Waals surface area contributed by atoms with Crippen molar-refractivity contribution in [2.75, 3.05) is 6.54 Å². The van der Waals surface area contributed by atoms with Crippen molar-refractivity contribution in [1.29, 1.82) is 0 Å². The first-order chi connectivity index (χ1) is 10.0. The quantitative estimate of drug-likeness (QED) is 0.791. The first kappa shape index (κ1) is 14.6. The Morgan fingerprint density at radius 3 is 2.62 bits per heavy atom. The number of fused-ring (bicyclic) bond motifs is 1. The third-order valence-corrected chi connectivity index (χ3v) is 5.02. The Morgan fingerprint density at radius 1 is 1.24 bits per heavy atom. The number of benzene rings is 1. The summed E-state index contributed by atoms with van der Waals surface area (Å²) in [6.07, 6.45) is 3.79. The highest BCUT2D eigenvalue weighted by Gasteiger charge is 2.34. The summed E-state index contributed by atoms with van der Waals surface area (Å²) in [7, 11) is 0. The van der Waals surface area contributed by atoms with Crippen molar-refractivity contribution in [1.82, 2.24) is 5.32 Å². The van der Waals surface area contributed by atoms with Gasteiger partial charge in [-0.2, -0.15) is 0 Å². The van der Waals surface area contributed by atoms with Crippen LogP contribution in [-0.4, -0.2) is 6.54 Å². The predicted molar refractivity (Wildman–Crippen MR) is 88.7 cm³/mol. The van der Waals surface area contributed by atoms with Crippen LogP contribution in [0.3, 0.4) is 0 Å². The molecule has 2 nitrogen and oxygen atoms in total. The SMILES string of the molecule is CCNC(c1cc2cc(C(C)(C)CC)ccc2o1)C1CC1. The molecule has 1 aromatic heterocycles. The van der Waals surface area contributed by atoms with E-state index in [0.717, 1.165) is 30.2 Å². The zero-order chi connectivity index (χ0) is 15.0. The molecule has 2 aromatic rings. The first-order valence-corrected chi connectivity index (χ1v) is 8.32. The monoisotopic (exact) mass is 285 g/mol. The van der Waals surface area contributed by atoms with Gasteiger partial charge in [-0.3, -0.25) is 0 Å².